The fraction of sp³-hybridized carbons (Fsp3) is 0.600. The van der Waals surface area contributed by atoms with Crippen LogP contribution >= 0.6 is 24.0 Å². The second-order valence-corrected chi connectivity index (χ2v) is 7.43. The largest absolute Gasteiger partial charge is 0.444 e. The molecule has 0 aliphatic rings. The Morgan fingerprint density at radius 2 is 1.68 bits per heavy atom. The van der Waals surface area contributed by atoms with Gasteiger partial charge in [0.2, 0.25) is 0 Å². The molecule has 3 N–H and O–H groups in total. The van der Waals surface area contributed by atoms with Gasteiger partial charge in [0.05, 0.1) is 0 Å². The Morgan fingerprint density at radius 1 is 1.07 bits per heavy atom. The van der Waals surface area contributed by atoms with Crippen molar-refractivity contribution in [1.82, 2.24) is 20.9 Å². The molecule has 160 valence electrons. The van der Waals surface area contributed by atoms with Crippen LogP contribution in [0.25, 0.3) is 0 Å². The highest BCUT2D eigenvalue weighted by Crippen LogP contribution is 2.06. The number of benzene rings is 1. The number of guanidine groups is 1. The van der Waals surface area contributed by atoms with Gasteiger partial charge in [-0.1, -0.05) is 30.3 Å². The zero-order valence-electron chi connectivity index (χ0n) is 17.7. The van der Waals surface area contributed by atoms with E-state index in [1.54, 1.807) is 7.05 Å². The molecule has 1 aromatic carbocycles. The van der Waals surface area contributed by atoms with Gasteiger partial charge in [-0.25, -0.2) is 4.79 Å². The Balaban J connectivity index is 0.00000729. The Labute approximate surface area is 186 Å². The number of hydrogen-bond donors (Lipinski definition) is 3. The van der Waals surface area contributed by atoms with E-state index >= 15 is 0 Å². The third kappa shape index (κ3) is 13.6. The summed E-state index contributed by atoms with van der Waals surface area (Å²) in [5, 5.41) is 9.16. The van der Waals surface area contributed by atoms with Crippen molar-refractivity contribution in [2.24, 2.45) is 4.99 Å². The van der Waals surface area contributed by atoms with Crippen LogP contribution in [0.2, 0.25) is 0 Å². The number of hydrogen-bond acceptors (Lipinski definition) is 4. The first kappa shape index (κ1) is 26.4. The van der Waals surface area contributed by atoms with Crippen LogP contribution in [0.3, 0.4) is 0 Å². The number of rotatable bonds is 9. The van der Waals surface area contributed by atoms with E-state index in [2.05, 4.69) is 57.2 Å². The first-order valence-corrected chi connectivity index (χ1v) is 9.44. The number of nitrogens with zero attached hydrogens (tertiary/aromatic N) is 2. The van der Waals surface area contributed by atoms with Crippen LogP contribution in [0.15, 0.2) is 35.3 Å². The van der Waals surface area contributed by atoms with Crippen molar-refractivity contribution in [3.8, 4) is 0 Å². The van der Waals surface area contributed by atoms with Gasteiger partial charge in [-0.3, -0.25) is 4.99 Å². The van der Waals surface area contributed by atoms with Crippen LogP contribution in [0.1, 0.15) is 32.8 Å². The average molecular weight is 505 g/mol. The molecule has 8 heteroatoms. The Kier molecular flexibility index (Phi) is 13.6. The lowest BCUT2D eigenvalue weighted by atomic mass is 10.2. The summed E-state index contributed by atoms with van der Waals surface area (Å²) in [7, 11) is 3.86. The van der Waals surface area contributed by atoms with Crippen LogP contribution in [0, 0.1) is 0 Å². The first-order valence-electron chi connectivity index (χ1n) is 9.44. The SMILES string of the molecule is CN=C(NCCCN(C)Cc1ccccc1)NCCNC(=O)OC(C)(C)C.I. The van der Waals surface area contributed by atoms with Crippen molar-refractivity contribution < 1.29 is 9.53 Å². The van der Waals surface area contributed by atoms with Gasteiger partial charge in [0.1, 0.15) is 5.60 Å². The van der Waals surface area contributed by atoms with Gasteiger partial charge < -0.3 is 25.6 Å². The van der Waals surface area contributed by atoms with Crippen molar-refractivity contribution in [2.75, 3.05) is 40.3 Å². The maximum Gasteiger partial charge on any atom is 0.407 e. The van der Waals surface area contributed by atoms with Gasteiger partial charge in [0.15, 0.2) is 5.96 Å². The molecule has 0 spiro atoms. The van der Waals surface area contributed by atoms with Crippen LogP contribution in [-0.4, -0.2) is 62.8 Å². The molecule has 0 atom stereocenters. The molecule has 28 heavy (non-hydrogen) atoms. The zero-order chi connectivity index (χ0) is 20.1. The number of carbonyl (C=O) groups excluding carboxylic acids is 1. The summed E-state index contributed by atoms with van der Waals surface area (Å²) in [6.07, 6.45) is 0.605. The zero-order valence-corrected chi connectivity index (χ0v) is 20.1. The second-order valence-electron chi connectivity index (χ2n) is 7.43. The van der Waals surface area contributed by atoms with Crippen LogP contribution in [0.4, 0.5) is 4.79 Å². The fourth-order valence-electron chi connectivity index (χ4n) is 2.41. The van der Waals surface area contributed by atoms with E-state index in [9.17, 15) is 4.79 Å². The Hall–Kier alpha value is -1.55. The fourth-order valence-corrected chi connectivity index (χ4v) is 2.41. The minimum atomic E-state index is -0.483. The van der Waals surface area contributed by atoms with Crippen LogP contribution in [0.5, 0.6) is 0 Å². The molecular weight excluding hydrogens is 469 g/mol. The van der Waals surface area contributed by atoms with E-state index in [4.69, 9.17) is 4.74 Å². The normalized spacial score (nSPS) is 11.6. The number of ether oxygens (including phenoxy) is 1. The molecule has 0 fully saturated rings. The second kappa shape index (κ2) is 14.4. The van der Waals surface area contributed by atoms with E-state index in [0.29, 0.717) is 13.1 Å². The lowest BCUT2D eigenvalue weighted by Crippen LogP contribution is -2.43. The van der Waals surface area contributed by atoms with Gasteiger partial charge in [0, 0.05) is 33.2 Å². The maximum atomic E-state index is 11.6. The molecular formula is C20H36IN5O2. The average Bonchev–Trinajstić information content (AvgIpc) is 2.59. The summed E-state index contributed by atoms with van der Waals surface area (Å²) < 4.78 is 5.19. The van der Waals surface area contributed by atoms with E-state index in [-0.39, 0.29) is 24.0 Å². The summed E-state index contributed by atoms with van der Waals surface area (Å²) in [5.74, 6) is 0.728. The van der Waals surface area contributed by atoms with E-state index in [0.717, 1.165) is 32.0 Å². The van der Waals surface area contributed by atoms with Gasteiger partial charge in [-0.15, -0.1) is 24.0 Å². The standard InChI is InChI=1S/C20H35N5O2.HI/c1-20(2,3)27-19(26)24-14-13-23-18(21-4)22-12-9-15-25(5)16-17-10-7-6-8-11-17;/h6-8,10-11H,9,12-16H2,1-5H3,(H,24,26)(H2,21,22,23);1H. The molecule has 1 amide bonds. The molecule has 0 saturated carbocycles. The number of nitrogens with one attached hydrogen (secondary N) is 3. The molecule has 0 aliphatic carbocycles. The van der Waals surface area contributed by atoms with E-state index < -0.39 is 11.7 Å². The molecule has 1 aromatic rings. The lowest BCUT2D eigenvalue weighted by Gasteiger charge is -2.20. The van der Waals surface area contributed by atoms with E-state index in [1.165, 1.54) is 5.56 Å². The highest BCUT2D eigenvalue weighted by atomic mass is 127. The van der Waals surface area contributed by atoms with Crippen LogP contribution < -0.4 is 16.0 Å². The van der Waals surface area contributed by atoms with Crippen molar-refractivity contribution >= 4 is 36.0 Å². The molecule has 7 nitrogen and oxygen atoms in total. The van der Waals surface area contributed by atoms with Crippen molar-refractivity contribution in [3.63, 3.8) is 0 Å². The minimum Gasteiger partial charge on any atom is -0.444 e. The number of amides is 1. The summed E-state index contributed by atoms with van der Waals surface area (Å²) >= 11 is 0. The topological polar surface area (TPSA) is 78.0 Å². The van der Waals surface area contributed by atoms with Gasteiger partial charge in [-0.2, -0.15) is 0 Å². The monoisotopic (exact) mass is 505 g/mol. The molecule has 0 saturated heterocycles. The molecule has 0 heterocycles. The Morgan fingerprint density at radius 3 is 2.29 bits per heavy atom. The first-order chi connectivity index (χ1) is 12.8. The number of alkyl carbamates (subject to hydrolysis) is 1. The predicted octanol–water partition coefficient (Wildman–Crippen LogP) is 2.82. The predicted molar refractivity (Wildman–Crippen MR) is 126 cm³/mol. The molecule has 0 radical (unpaired) electrons. The quantitative estimate of drug-likeness (QED) is 0.208. The number of carbonyl (C=O) groups is 1. The summed E-state index contributed by atoms with van der Waals surface area (Å²) in [6, 6.07) is 10.5. The molecule has 1 rings (SSSR count). The van der Waals surface area contributed by atoms with Gasteiger partial charge in [0.25, 0.3) is 0 Å². The van der Waals surface area contributed by atoms with Crippen molar-refractivity contribution in [3.05, 3.63) is 35.9 Å². The third-order valence-electron chi connectivity index (χ3n) is 3.61. The van der Waals surface area contributed by atoms with Gasteiger partial charge in [-0.05, 0) is 46.3 Å². The van der Waals surface area contributed by atoms with Crippen molar-refractivity contribution in [1.29, 1.82) is 0 Å². The minimum absolute atomic E-state index is 0. The molecule has 0 aliphatic heterocycles. The summed E-state index contributed by atoms with van der Waals surface area (Å²) in [5.41, 5.74) is 0.839. The van der Waals surface area contributed by atoms with Crippen LogP contribution in [-0.2, 0) is 11.3 Å². The summed E-state index contributed by atoms with van der Waals surface area (Å²) in [6.45, 7) is 9.35. The molecule has 0 aromatic heterocycles. The lowest BCUT2D eigenvalue weighted by molar-refractivity contribution is 0.0529. The Bertz CT molecular complexity index is 576. The molecule has 0 bridgehead atoms. The van der Waals surface area contributed by atoms with Gasteiger partial charge >= 0.3 is 6.09 Å². The van der Waals surface area contributed by atoms with E-state index in [1.807, 2.05) is 26.8 Å². The highest BCUT2D eigenvalue weighted by molar-refractivity contribution is 14.0. The number of halogens is 1. The third-order valence-corrected chi connectivity index (χ3v) is 3.61. The van der Waals surface area contributed by atoms with Crippen molar-refractivity contribution in [2.45, 2.75) is 39.3 Å². The summed E-state index contributed by atoms with van der Waals surface area (Å²) in [4.78, 5) is 18.1. The number of aliphatic imine (C=N–C) groups is 1. The molecule has 0 unspecified atom stereocenters. The highest BCUT2D eigenvalue weighted by Gasteiger charge is 2.15. The maximum absolute atomic E-state index is 11.6. The smallest absolute Gasteiger partial charge is 0.407 e.